The van der Waals surface area contributed by atoms with Gasteiger partial charge in [0.15, 0.2) is 0 Å². The zero-order valence-corrected chi connectivity index (χ0v) is 11.7. The van der Waals surface area contributed by atoms with Crippen LogP contribution in [0.25, 0.3) is 0 Å². The van der Waals surface area contributed by atoms with Crippen LogP contribution in [0.4, 0.5) is 0 Å². The number of benzene rings is 1. The third kappa shape index (κ3) is 4.50. The van der Waals surface area contributed by atoms with Crippen molar-refractivity contribution < 1.29 is 0 Å². The second kappa shape index (κ2) is 6.87. The highest BCUT2D eigenvalue weighted by Gasteiger charge is 2.08. The Labute approximate surface area is 107 Å². The first-order valence-corrected chi connectivity index (χ1v) is 6.53. The van der Waals surface area contributed by atoms with Crippen LogP contribution in [-0.2, 0) is 6.42 Å². The van der Waals surface area contributed by atoms with Gasteiger partial charge < -0.3 is 5.32 Å². The molecule has 16 heavy (non-hydrogen) atoms. The molecule has 1 unspecified atom stereocenters. The molecule has 1 N–H and O–H groups in total. The Bertz CT molecular complexity index is 329. The van der Waals surface area contributed by atoms with Gasteiger partial charge in [-0.05, 0) is 44.0 Å². The molecule has 0 radical (unpaired) electrons. The largest absolute Gasteiger partial charge is 0.316 e. The fourth-order valence-electron chi connectivity index (χ4n) is 1.67. The third-order valence-electron chi connectivity index (χ3n) is 2.84. The number of likely N-dealkylation sites (N-methyl/N-ethyl adjacent to an activating group) is 1. The molecule has 0 aliphatic rings. The van der Waals surface area contributed by atoms with E-state index in [1.54, 1.807) is 0 Å². The normalized spacial score (nSPS) is 12.4. The van der Waals surface area contributed by atoms with Gasteiger partial charge in [0.2, 0.25) is 0 Å². The lowest BCUT2D eigenvalue weighted by atomic mass is 9.99. The Kier molecular flexibility index (Phi) is 5.78. The molecule has 0 fully saturated rings. The molecule has 0 spiro atoms. The van der Waals surface area contributed by atoms with Gasteiger partial charge in [-0.3, -0.25) is 0 Å². The van der Waals surface area contributed by atoms with Gasteiger partial charge in [0.05, 0.1) is 0 Å². The van der Waals surface area contributed by atoms with Gasteiger partial charge in [0, 0.05) is 10.5 Å². The van der Waals surface area contributed by atoms with E-state index in [-0.39, 0.29) is 0 Å². The van der Waals surface area contributed by atoms with Crippen LogP contribution in [0.15, 0.2) is 40.9 Å². The summed E-state index contributed by atoms with van der Waals surface area (Å²) in [6.45, 7) is 6.23. The van der Waals surface area contributed by atoms with E-state index >= 15 is 0 Å². The maximum absolute atomic E-state index is 4.07. The first-order chi connectivity index (χ1) is 7.65. The van der Waals surface area contributed by atoms with Crippen LogP contribution in [0.2, 0.25) is 0 Å². The maximum atomic E-state index is 4.07. The van der Waals surface area contributed by atoms with Crippen molar-refractivity contribution in [3.8, 4) is 0 Å². The van der Waals surface area contributed by atoms with E-state index in [0.29, 0.717) is 6.04 Å². The van der Waals surface area contributed by atoms with Crippen molar-refractivity contribution >= 4 is 15.9 Å². The standard InChI is InChI=1S/C14H20BrN/c1-4-11(2)9-14(16-3)10-12-5-7-13(15)8-6-12/h5-8,14,16H,2,4,9-10H2,1,3H3. The molecule has 2 heteroatoms. The Morgan fingerprint density at radius 3 is 2.50 bits per heavy atom. The smallest absolute Gasteiger partial charge is 0.0175 e. The van der Waals surface area contributed by atoms with E-state index in [4.69, 9.17) is 0 Å². The van der Waals surface area contributed by atoms with Crippen LogP contribution in [-0.4, -0.2) is 13.1 Å². The average molecular weight is 282 g/mol. The lowest BCUT2D eigenvalue weighted by Gasteiger charge is -2.17. The highest BCUT2D eigenvalue weighted by Crippen LogP contribution is 2.15. The quantitative estimate of drug-likeness (QED) is 0.779. The fraction of sp³-hybridized carbons (Fsp3) is 0.429. The first-order valence-electron chi connectivity index (χ1n) is 5.74. The SMILES string of the molecule is C=C(CC)CC(Cc1ccc(Br)cc1)NC. The van der Waals surface area contributed by atoms with E-state index in [1.165, 1.54) is 11.1 Å². The molecule has 0 amide bonds. The Balaban J connectivity index is 2.56. The molecular formula is C14H20BrN. The van der Waals surface area contributed by atoms with Crippen molar-refractivity contribution in [2.24, 2.45) is 0 Å². The van der Waals surface area contributed by atoms with Gasteiger partial charge in [0.1, 0.15) is 0 Å². The number of hydrogen-bond donors (Lipinski definition) is 1. The lowest BCUT2D eigenvalue weighted by Crippen LogP contribution is -2.27. The Hall–Kier alpha value is -0.600. The molecule has 1 aromatic carbocycles. The molecule has 0 aliphatic heterocycles. The molecular weight excluding hydrogens is 262 g/mol. The van der Waals surface area contributed by atoms with E-state index in [0.717, 1.165) is 23.7 Å². The Morgan fingerprint density at radius 2 is 2.00 bits per heavy atom. The molecule has 88 valence electrons. The summed E-state index contributed by atoms with van der Waals surface area (Å²) in [5.74, 6) is 0. The fourth-order valence-corrected chi connectivity index (χ4v) is 1.94. The van der Waals surface area contributed by atoms with Gasteiger partial charge in [-0.1, -0.05) is 47.1 Å². The summed E-state index contributed by atoms with van der Waals surface area (Å²) in [4.78, 5) is 0. The van der Waals surface area contributed by atoms with Crippen molar-refractivity contribution in [1.29, 1.82) is 0 Å². The molecule has 0 aliphatic carbocycles. The lowest BCUT2D eigenvalue weighted by molar-refractivity contribution is 0.549. The molecule has 1 aromatic rings. The van der Waals surface area contributed by atoms with Crippen molar-refractivity contribution in [3.63, 3.8) is 0 Å². The summed E-state index contributed by atoms with van der Waals surface area (Å²) >= 11 is 3.45. The monoisotopic (exact) mass is 281 g/mol. The molecule has 0 saturated heterocycles. The van der Waals surface area contributed by atoms with Crippen LogP contribution >= 0.6 is 15.9 Å². The molecule has 0 saturated carbocycles. The summed E-state index contributed by atoms with van der Waals surface area (Å²) in [6.07, 6.45) is 3.18. The highest BCUT2D eigenvalue weighted by atomic mass is 79.9. The van der Waals surface area contributed by atoms with Crippen LogP contribution in [0, 0.1) is 0 Å². The van der Waals surface area contributed by atoms with Crippen molar-refractivity contribution in [2.45, 2.75) is 32.2 Å². The predicted molar refractivity (Wildman–Crippen MR) is 74.7 cm³/mol. The number of hydrogen-bond acceptors (Lipinski definition) is 1. The number of nitrogens with one attached hydrogen (secondary N) is 1. The average Bonchev–Trinajstić information content (AvgIpc) is 2.30. The topological polar surface area (TPSA) is 12.0 Å². The highest BCUT2D eigenvalue weighted by molar-refractivity contribution is 9.10. The van der Waals surface area contributed by atoms with Crippen molar-refractivity contribution in [2.75, 3.05) is 7.05 Å². The molecule has 0 aromatic heterocycles. The molecule has 1 rings (SSSR count). The van der Waals surface area contributed by atoms with Gasteiger partial charge in [0.25, 0.3) is 0 Å². The third-order valence-corrected chi connectivity index (χ3v) is 3.37. The van der Waals surface area contributed by atoms with Gasteiger partial charge >= 0.3 is 0 Å². The van der Waals surface area contributed by atoms with Crippen LogP contribution < -0.4 is 5.32 Å². The molecule has 0 bridgehead atoms. The second-order valence-electron chi connectivity index (χ2n) is 4.12. The predicted octanol–water partition coefficient (Wildman–Crippen LogP) is 3.94. The van der Waals surface area contributed by atoms with Gasteiger partial charge in [-0.15, -0.1) is 0 Å². The summed E-state index contributed by atoms with van der Waals surface area (Å²) < 4.78 is 1.13. The van der Waals surface area contributed by atoms with Gasteiger partial charge in [-0.25, -0.2) is 0 Å². The summed E-state index contributed by atoms with van der Waals surface area (Å²) in [5.41, 5.74) is 2.68. The van der Waals surface area contributed by atoms with Crippen LogP contribution in [0.3, 0.4) is 0 Å². The maximum Gasteiger partial charge on any atom is 0.0175 e. The van der Waals surface area contributed by atoms with Crippen LogP contribution in [0.5, 0.6) is 0 Å². The molecule has 1 nitrogen and oxygen atoms in total. The minimum Gasteiger partial charge on any atom is -0.316 e. The van der Waals surface area contributed by atoms with E-state index in [1.807, 2.05) is 7.05 Å². The van der Waals surface area contributed by atoms with E-state index in [2.05, 4.69) is 59.0 Å². The number of rotatable bonds is 6. The van der Waals surface area contributed by atoms with Crippen molar-refractivity contribution in [3.05, 3.63) is 46.5 Å². The summed E-state index contributed by atoms with van der Waals surface area (Å²) in [7, 11) is 2.02. The second-order valence-corrected chi connectivity index (χ2v) is 5.04. The van der Waals surface area contributed by atoms with Crippen LogP contribution in [0.1, 0.15) is 25.3 Å². The zero-order chi connectivity index (χ0) is 12.0. The minimum atomic E-state index is 0.494. The molecule has 1 atom stereocenters. The molecule has 0 heterocycles. The van der Waals surface area contributed by atoms with Gasteiger partial charge in [-0.2, -0.15) is 0 Å². The van der Waals surface area contributed by atoms with E-state index < -0.39 is 0 Å². The number of halogens is 1. The first kappa shape index (κ1) is 13.5. The zero-order valence-electron chi connectivity index (χ0n) is 10.1. The van der Waals surface area contributed by atoms with E-state index in [9.17, 15) is 0 Å². The van der Waals surface area contributed by atoms with Crippen molar-refractivity contribution in [1.82, 2.24) is 5.32 Å². The minimum absolute atomic E-state index is 0.494. The summed E-state index contributed by atoms with van der Waals surface area (Å²) in [6, 6.07) is 9.02. The summed E-state index contributed by atoms with van der Waals surface area (Å²) in [5, 5.41) is 3.36. The Morgan fingerprint density at radius 1 is 1.38 bits per heavy atom.